The Balaban J connectivity index is 1.70. The summed E-state index contributed by atoms with van der Waals surface area (Å²) in [5, 5.41) is 7.15. The molecule has 122 valence electrons. The molecule has 0 bridgehead atoms. The number of benzene rings is 2. The van der Waals surface area contributed by atoms with Gasteiger partial charge in [0, 0.05) is 22.2 Å². The number of nitrogens with zero attached hydrogens (tertiary/aromatic N) is 2. The average molecular weight is 364 g/mol. The minimum absolute atomic E-state index is 0.726. The van der Waals surface area contributed by atoms with Crippen LogP contribution in [0.15, 0.2) is 72.5 Å². The number of fused-ring (bicyclic) bond motifs is 1. The predicted molar refractivity (Wildman–Crippen MR) is 107 cm³/mol. The van der Waals surface area contributed by atoms with Crippen molar-refractivity contribution in [3.63, 3.8) is 0 Å². The van der Waals surface area contributed by atoms with Crippen LogP contribution in [-0.2, 0) is 0 Å². The van der Waals surface area contributed by atoms with Gasteiger partial charge in [0.1, 0.15) is 17.0 Å². The van der Waals surface area contributed by atoms with E-state index in [1.165, 1.54) is 0 Å². The minimum atomic E-state index is 0.726. The summed E-state index contributed by atoms with van der Waals surface area (Å²) in [4.78, 5) is 9.76. The van der Waals surface area contributed by atoms with Gasteiger partial charge in [0.05, 0.1) is 5.39 Å². The Morgan fingerprint density at radius 2 is 1.76 bits per heavy atom. The molecule has 0 spiro atoms. The highest BCUT2D eigenvalue weighted by molar-refractivity contribution is 7.17. The fraction of sp³-hybridized carbons (Fsp3) is 0. The van der Waals surface area contributed by atoms with Gasteiger partial charge in [0.15, 0.2) is 0 Å². The molecule has 2 aromatic carbocycles. The van der Waals surface area contributed by atoms with Crippen LogP contribution in [0, 0.1) is 0 Å². The topological polar surface area (TPSA) is 37.8 Å². The highest BCUT2D eigenvalue weighted by atomic mass is 35.5. The maximum Gasteiger partial charge on any atom is 0.142 e. The number of nitrogens with one attached hydrogen (secondary N) is 1. The van der Waals surface area contributed by atoms with Crippen LogP contribution in [0.25, 0.3) is 27.4 Å². The molecule has 4 rings (SSSR count). The molecule has 0 saturated heterocycles. The van der Waals surface area contributed by atoms with Gasteiger partial charge < -0.3 is 5.32 Å². The van der Waals surface area contributed by atoms with Crippen LogP contribution in [0.2, 0.25) is 5.02 Å². The Morgan fingerprint density at radius 3 is 2.56 bits per heavy atom. The number of aromatic nitrogens is 2. The molecule has 0 aliphatic rings. The van der Waals surface area contributed by atoms with E-state index in [1.54, 1.807) is 17.7 Å². The van der Waals surface area contributed by atoms with Crippen molar-refractivity contribution < 1.29 is 0 Å². The Morgan fingerprint density at radius 1 is 0.960 bits per heavy atom. The number of hydrogen-bond donors (Lipinski definition) is 1. The van der Waals surface area contributed by atoms with E-state index >= 15 is 0 Å². The molecule has 25 heavy (non-hydrogen) atoms. The van der Waals surface area contributed by atoms with Gasteiger partial charge in [-0.1, -0.05) is 54.1 Å². The Labute approximate surface area is 154 Å². The van der Waals surface area contributed by atoms with Crippen molar-refractivity contribution in [3.05, 3.63) is 83.1 Å². The first-order valence-electron chi connectivity index (χ1n) is 7.77. The van der Waals surface area contributed by atoms with Gasteiger partial charge in [0.2, 0.25) is 0 Å². The van der Waals surface area contributed by atoms with Crippen molar-refractivity contribution in [3.8, 4) is 11.1 Å². The van der Waals surface area contributed by atoms with Crippen molar-refractivity contribution in [2.24, 2.45) is 0 Å². The molecular formula is C20H14ClN3S. The molecule has 0 aliphatic heterocycles. The molecule has 3 nitrogen and oxygen atoms in total. The molecule has 0 fully saturated rings. The first kappa shape index (κ1) is 15.8. The lowest BCUT2D eigenvalue weighted by Gasteiger charge is -2.05. The smallest absolute Gasteiger partial charge is 0.142 e. The summed E-state index contributed by atoms with van der Waals surface area (Å²) in [5.74, 6) is 0.795. The van der Waals surface area contributed by atoms with Gasteiger partial charge in [-0.3, -0.25) is 0 Å². The third-order valence-electron chi connectivity index (χ3n) is 3.82. The summed E-state index contributed by atoms with van der Waals surface area (Å²) < 4.78 is 0. The van der Waals surface area contributed by atoms with Crippen molar-refractivity contribution >= 4 is 45.0 Å². The van der Waals surface area contributed by atoms with Crippen molar-refractivity contribution in [2.45, 2.75) is 0 Å². The quantitative estimate of drug-likeness (QED) is 0.476. The maximum atomic E-state index is 6.01. The van der Waals surface area contributed by atoms with E-state index in [0.717, 1.165) is 37.7 Å². The second kappa shape index (κ2) is 7.05. The first-order valence-corrected chi connectivity index (χ1v) is 9.03. The first-order chi connectivity index (χ1) is 12.3. The molecule has 1 N–H and O–H groups in total. The monoisotopic (exact) mass is 363 g/mol. The average Bonchev–Trinajstić information content (AvgIpc) is 3.08. The third-order valence-corrected chi connectivity index (χ3v) is 4.96. The number of hydrogen-bond acceptors (Lipinski definition) is 4. The number of anilines is 1. The van der Waals surface area contributed by atoms with Gasteiger partial charge in [0.25, 0.3) is 0 Å². The van der Waals surface area contributed by atoms with E-state index in [4.69, 9.17) is 11.6 Å². The highest BCUT2D eigenvalue weighted by Gasteiger charge is 2.12. The fourth-order valence-electron chi connectivity index (χ4n) is 2.61. The summed E-state index contributed by atoms with van der Waals surface area (Å²) in [6.45, 7) is 0. The summed E-state index contributed by atoms with van der Waals surface area (Å²) in [6.07, 6.45) is 5.51. The van der Waals surface area contributed by atoms with Crippen LogP contribution in [0.4, 0.5) is 5.82 Å². The van der Waals surface area contributed by atoms with Gasteiger partial charge in [-0.15, -0.1) is 11.3 Å². The molecule has 0 aliphatic carbocycles. The second-order valence-corrected chi connectivity index (χ2v) is 6.74. The summed E-state index contributed by atoms with van der Waals surface area (Å²) in [5.41, 5.74) is 3.33. The van der Waals surface area contributed by atoms with E-state index in [1.807, 2.05) is 54.7 Å². The summed E-state index contributed by atoms with van der Waals surface area (Å²) in [6, 6.07) is 18.0. The normalized spacial score (nSPS) is 11.2. The summed E-state index contributed by atoms with van der Waals surface area (Å²) in [7, 11) is 0. The third kappa shape index (κ3) is 3.40. The van der Waals surface area contributed by atoms with E-state index < -0.39 is 0 Å². The molecule has 0 amide bonds. The molecule has 0 atom stereocenters. The molecule has 0 saturated carbocycles. The maximum absolute atomic E-state index is 6.01. The molecule has 2 aromatic heterocycles. The second-order valence-electron chi connectivity index (χ2n) is 5.45. The van der Waals surface area contributed by atoms with Gasteiger partial charge in [-0.05, 0) is 29.3 Å². The van der Waals surface area contributed by atoms with Crippen LogP contribution in [-0.4, -0.2) is 9.97 Å². The lowest BCUT2D eigenvalue weighted by Crippen LogP contribution is -1.93. The lowest BCUT2D eigenvalue weighted by molar-refractivity contribution is 1.23. The molecule has 5 heteroatoms. The van der Waals surface area contributed by atoms with Crippen molar-refractivity contribution in [1.82, 2.24) is 9.97 Å². The van der Waals surface area contributed by atoms with Gasteiger partial charge in [-0.25, -0.2) is 9.97 Å². The molecule has 0 radical (unpaired) electrons. The largest absolute Gasteiger partial charge is 0.346 e. The van der Waals surface area contributed by atoms with Gasteiger partial charge in [-0.2, -0.15) is 0 Å². The Kier molecular flexibility index (Phi) is 4.46. The zero-order valence-electron chi connectivity index (χ0n) is 13.2. The van der Waals surface area contributed by atoms with E-state index in [9.17, 15) is 0 Å². The van der Waals surface area contributed by atoms with E-state index in [2.05, 4.69) is 32.8 Å². The Bertz CT molecular complexity index is 1020. The Hall–Kier alpha value is -2.69. The lowest BCUT2D eigenvalue weighted by atomic mass is 10.1. The zero-order chi connectivity index (χ0) is 17.1. The predicted octanol–water partition coefficient (Wildman–Crippen LogP) is 6.09. The SMILES string of the molecule is Clc1ccc(-c2csc3ncnc(NC=Cc4ccccc4)c23)cc1. The van der Waals surface area contributed by atoms with E-state index in [0.29, 0.717) is 0 Å². The fourth-order valence-corrected chi connectivity index (χ4v) is 3.65. The van der Waals surface area contributed by atoms with Crippen LogP contribution >= 0.6 is 22.9 Å². The molecule has 4 aromatic rings. The van der Waals surface area contributed by atoms with Crippen molar-refractivity contribution in [1.29, 1.82) is 0 Å². The van der Waals surface area contributed by atoms with Gasteiger partial charge >= 0.3 is 0 Å². The number of halogens is 1. The van der Waals surface area contributed by atoms with Crippen LogP contribution in [0.3, 0.4) is 0 Å². The number of rotatable bonds is 4. The zero-order valence-corrected chi connectivity index (χ0v) is 14.8. The minimum Gasteiger partial charge on any atom is -0.346 e. The van der Waals surface area contributed by atoms with Crippen molar-refractivity contribution in [2.75, 3.05) is 5.32 Å². The number of thiophene rings is 1. The molecule has 2 heterocycles. The van der Waals surface area contributed by atoms with Crippen LogP contribution in [0.1, 0.15) is 5.56 Å². The van der Waals surface area contributed by atoms with Crippen LogP contribution in [0.5, 0.6) is 0 Å². The van der Waals surface area contributed by atoms with E-state index in [-0.39, 0.29) is 0 Å². The highest BCUT2D eigenvalue weighted by Crippen LogP contribution is 2.36. The molecule has 0 unspecified atom stereocenters. The standard InChI is InChI=1S/C20H14ClN3S/c21-16-8-6-15(7-9-16)17-12-25-20-18(17)19(23-13-24-20)22-11-10-14-4-2-1-3-5-14/h1-13H,(H,22,23,24). The van der Waals surface area contributed by atoms with Crippen LogP contribution < -0.4 is 5.32 Å². The summed E-state index contributed by atoms with van der Waals surface area (Å²) >= 11 is 7.61. The molecular weight excluding hydrogens is 350 g/mol.